The molecule has 0 aromatic carbocycles. The van der Waals surface area contributed by atoms with Crippen molar-refractivity contribution in [2.45, 2.75) is 38.9 Å². The van der Waals surface area contributed by atoms with E-state index in [1.54, 1.807) is 11.3 Å². The molecule has 21 heavy (non-hydrogen) atoms. The van der Waals surface area contributed by atoms with E-state index in [4.69, 9.17) is 18.6 Å². The fourth-order valence-electron chi connectivity index (χ4n) is 2.11. The zero-order valence-corrected chi connectivity index (χ0v) is 13.6. The van der Waals surface area contributed by atoms with Gasteiger partial charge in [0, 0.05) is 9.55 Å². The van der Waals surface area contributed by atoms with Crippen molar-refractivity contribution in [3.8, 4) is 0 Å². The summed E-state index contributed by atoms with van der Waals surface area (Å²) < 4.78 is 25.1. The zero-order valence-electron chi connectivity index (χ0n) is 12.8. The molecule has 0 atom stereocenters. The molecule has 0 saturated carbocycles. The van der Waals surface area contributed by atoms with Crippen molar-refractivity contribution in [2.24, 2.45) is 0 Å². The second kappa shape index (κ2) is 4.66. The van der Waals surface area contributed by atoms with Gasteiger partial charge in [-0.1, -0.05) is 25.3 Å². The van der Waals surface area contributed by atoms with Gasteiger partial charge in [0.2, 0.25) is 0 Å². The Bertz CT molecular complexity index is 557. The molecule has 2 saturated heterocycles. The standard InChI is InChI=1S/C14H18B2O4S/c1-9-13(3,4)19-15(17-9)11-7-8-12(21-11)16-18-10(2)14(5,6)20-16/h7-8H,1-2H2,3-6H3. The average Bonchev–Trinajstić information content (AvgIpc) is 3.00. The molecule has 1 aromatic heterocycles. The molecule has 110 valence electrons. The third-order valence-electron chi connectivity index (χ3n) is 3.76. The molecule has 0 unspecified atom stereocenters. The summed E-state index contributed by atoms with van der Waals surface area (Å²) in [6.07, 6.45) is 0. The fourth-order valence-corrected chi connectivity index (χ4v) is 3.04. The van der Waals surface area contributed by atoms with Gasteiger partial charge < -0.3 is 18.6 Å². The van der Waals surface area contributed by atoms with E-state index in [2.05, 4.69) is 13.2 Å². The Balaban J connectivity index is 1.76. The van der Waals surface area contributed by atoms with Gasteiger partial charge in [-0.25, -0.2) is 0 Å². The lowest BCUT2D eigenvalue weighted by atomic mass is 9.86. The quantitative estimate of drug-likeness (QED) is 0.781. The molecule has 3 rings (SSSR count). The van der Waals surface area contributed by atoms with Gasteiger partial charge in [-0.15, -0.1) is 0 Å². The van der Waals surface area contributed by atoms with Crippen LogP contribution in [0.15, 0.2) is 36.8 Å². The maximum atomic E-state index is 5.87. The summed E-state index contributed by atoms with van der Waals surface area (Å²) in [7, 11) is -0.826. The minimum Gasteiger partial charge on any atom is -0.533 e. The number of thiophene rings is 1. The van der Waals surface area contributed by atoms with Crippen LogP contribution in [0.2, 0.25) is 0 Å². The largest absolute Gasteiger partial charge is 0.573 e. The van der Waals surface area contributed by atoms with Crippen LogP contribution in [0.4, 0.5) is 0 Å². The normalized spacial score (nSPS) is 23.4. The topological polar surface area (TPSA) is 36.9 Å². The lowest BCUT2D eigenvalue weighted by molar-refractivity contribution is 0.173. The lowest BCUT2D eigenvalue weighted by Crippen LogP contribution is -2.34. The van der Waals surface area contributed by atoms with E-state index in [9.17, 15) is 0 Å². The summed E-state index contributed by atoms with van der Waals surface area (Å²) in [5.74, 6) is 1.29. The molecule has 2 fully saturated rings. The molecule has 0 aliphatic carbocycles. The first kappa shape index (κ1) is 14.8. The van der Waals surface area contributed by atoms with E-state index in [0.717, 1.165) is 9.55 Å². The zero-order chi connectivity index (χ0) is 15.4. The van der Waals surface area contributed by atoms with Crippen molar-refractivity contribution < 1.29 is 18.6 Å². The van der Waals surface area contributed by atoms with Gasteiger partial charge >= 0.3 is 14.2 Å². The maximum Gasteiger partial charge on any atom is 0.573 e. The van der Waals surface area contributed by atoms with E-state index >= 15 is 0 Å². The first-order valence-corrected chi connectivity index (χ1v) is 7.68. The van der Waals surface area contributed by atoms with Crippen molar-refractivity contribution in [2.75, 3.05) is 0 Å². The molecule has 0 amide bonds. The van der Waals surface area contributed by atoms with Crippen molar-refractivity contribution in [1.29, 1.82) is 0 Å². The van der Waals surface area contributed by atoms with Gasteiger partial charge in [-0.05, 0) is 27.7 Å². The Labute approximate surface area is 130 Å². The van der Waals surface area contributed by atoms with Crippen LogP contribution in [0.5, 0.6) is 0 Å². The lowest BCUT2D eigenvalue weighted by Gasteiger charge is -2.15. The Kier molecular flexibility index (Phi) is 3.28. The van der Waals surface area contributed by atoms with E-state index in [-0.39, 0.29) is 0 Å². The number of hydrogen-bond donors (Lipinski definition) is 0. The van der Waals surface area contributed by atoms with Gasteiger partial charge in [0.05, 0.1) is 11.5 Å². The Morgan fingerprint density at radius 2 is 1.24 bits per heavy atom. The highest BCUT2D eigenvalue weighted by Gasteiger charge is 2.46. The molecule has 2 aliphatic rings. The molecule has 4 nitrogen and oxygen atoms in total. The van der Waals surface area contributed by atoms with Gasteiger partial charge in [-0.3, -0.25) is 0 Å². The summed E-state index contributed by atoms with van der Waals surface area (Å²) in [5, 5.41) is 0. The monoisotopic (exact) mass is 304 g/mol. The molecule has 0 radical (unpaired) electrons. The van der Waals surface area contributed by atoms with E-state index < -0.39 is 25.4 Å². The predicted molar refractivity (Wildman–Crippen MR) is 85.9 cm³/mol. The molecular formula is C14H18B2O4S. The van der Waals surface area contributed by atoms with E-state index in [0.29, 0.717) is 11.5 Å². The third-order valence-corrected chi connectivity index (χ3v) is 4.89. The highest BCUT2D eigenvalue weighted by Crippen LogP contribution is 2.31. The number of hydrogen-bond acceptors (Lipinski definition) is 5. The Morgan fingerprint density at radius 1 is 0.857 bits per heavy atom. The highest BCUT2D eigenvalue weighted by atomic mass is 32.1. The minimum atomic E-state index is -0.467. The van der Waals surface area contributed by atoms with Gasteiger partial charge in [0.1, 0.15) is 11.2 Å². The van der Waals surface area contributed by atoms with Gasteiger partial charge in [-0.2, -0.15) is 11.3 Å². The van der Waals surface area contributed by atoms with Crippen LogP contribution in [-0.2, 0) is 18.6 Å². The van der Waals surface area contributed by atoms with Gasteiger partial charge in [0.25, 0.3) is 0 Å². The highest BCUT2D eigenvalue weighted by molar-refractivity contribution is 7.30. The summed E-state index contributed by atoms with van der Waals surface area (Å²) >= 11 is 1.55. The predicted octanol–water partition coefficient (Wildman–Crippen LogP) is 1.82. The van der Waals surface area contributed by atoms with Crippen molar-refractivity contribution in [3.05, 3.63) is 36.8 Å². The third kappa shape index (κ3) is 2.54. The smallest absolute Gasteiger partial charge is 0.533 e. The van der Waals surface area contributed by atoms with Crippen LogP contribution in [0.3, 0.4) is 0 Å². The molecule has 0 bridgehead atoms. The van der Waals surface area contributed by atoms with Crippen LogP contribution in [0.25, 0.3) is 0 Å². The van der Waals surface area contributed by atoms with Crippen molar-refractivity contribution in [1.82, 2.24) is 0 Å². The molecule has 2 aliphatic heterocycles. The second-order valence-electron chi connectivity index (χ2n) is 6.24. The number of rotatable bonds is 2. The molecule has 7 heteroatoms. The molecule has 0 spiro atoms. The van der Waals surface area contributed by atoms with Crippen molar-refractivity contribution in [3.63, 3.8) is 0 Å². The average molecular weight is 304 g/mol. The first-order valence-electron chi connectivity index (χ1n) is 6.86. The summed E-state index contributed by atoms with van der Waals surface area (Å²) in [6.45, 7) is 15.6. The van der Waals surface area contributed by atoms with Crippen LogP contribution >= 0.6 is 11.3 Å². The van der Waals surface area contributed by atoms with Crippen LogP contribution in [-0.4, -0.2) is 25.4 Å². The fraction of sp³-hybridized carbons (Fsp3) is 0.429. The minimum absolute atomic E-state index is 0.413. The van der Waals surface area contributed by atoms with Crippen LogP contribution in [0.1, 0.15) is 27.7 Å². The Hall–Kier alpha value is -1.17. The van der Waals surface area contributed by atoms with Crippen LogP contribution in [0, 0.1) is 0 Å². The van der Waals surface area contributed by atoms with Crippen molar-refractivity contribution >= 4 is 35.1 Å². The summed E-state index contributed by atoms with van der Waals surface area (Å²) in [6, 6.07) is 3.94. The molecular weight excluding hydrogens is 286 g/mol. The molecule has 1 aromatic rings. The summed E-state index contributed by atoms with van der Waals surface area (Å²) in [5.41, 5.74) is -0.934. The van der Waals surface area contributed by atoms with Crippen LogP contribution < -0.4 is 9.55 Å². The second-order valence-corrected chi connectivity index (χ2v) is 7.39. The van der Waals surface area contributed by atoms with E-state index in [1.165, 1.54) is 0 Å². The summed E-state index contributed by atoms with van der Waals surface area (Å²) in [4.78, 5) is 0. The van der Waals surface area contributed by atoms with Gasteiger partial charge in [0.15, 0.2) is 0 Å². The first-order chi connectivity index (χ1) is 9.69. The van der Waals surface area contributed by atoms with E-state index in [1.807, 2.05) is 39.8 Å². The molecule has 3 heterocycles. The Morgan fingerprint density at radius 3 is 1.52 bits per heavy atom. The maximum absolute atomic E-state index is 5.87. The molecule has 0 N–H and O–H groups in total. The SMILES string of the molecule is C=C1OB(c2ccc(B3OC(=C)C(C)(C)O3)s2)OC1(C)C.